The van der Waals surface area contributed by atoms with Gasteiger partial charge in [-0.2, -0.15) is 16.9 Å². The van der Waals surface area contributed by atoms with Gasteiger partial charge in [0.05, 0.1) is 6.04 Å². The van der Waals surface area contributed by atoms with Gasteiger partial charge in [-0.15, -0.1) is 0 Å². The average molecular weight is 240 g/mol. The third-order valence-electron chi connectivity index (χ3n) is 3.16. The summed E-state index contributed by atoms with van der Waals surface area (Å²) < 4.78 is 0. The molecule has 1 N–H and O–H groups in total. The van der Waals surface area contributed by atoms with Gasteiger partial charge in [0.25, 0.3) is 0 Å². The Kier molecular flexibility index (Phi) is 4.23. The van der Waals surface area contributed by atoms with Crippen LogP contribution < -0.4 is 0 Å². The number of rotatable bonds is 4. The van der Waals surface area contributed by atoms with Crippen LogP contribution in [0.15, 0.2) is 0 Å². The fourth-order valence-electron chi connectivity index (χ4n) is 2.17. The lowest BCUT2D eigenvalue weighted by molar-refractivity contribution is 0.180. The molecule has 0 amide bonds. The molecule has 0 unspecified atom stereocenters. The first-order valence-corrected chi connectivity index (χ1v) is 7.31. The highest BCUT2D eigenvalue weighted by Gasteiger charge is 2.24. The van der Waals surface area contributed by atoms with E-state index in [9.17, 15) is 0 Å². The van der Waals surface area contributed by atoms with Crippen molar-refractivity contribution in [1.82, 2.24) is 20.1 Å². The molecule has 0 aliphatic carbocycles. The Balaban J connectivity index is 1.99. The van der Waals surface area contributed by atoms with Crippen molar-refractivity contribution in [3.05, 3.63) is 11.6 Å². The fourth-order valence-corrected chi connectivity index (χ4v) is 2.57. The molecule has 1 aliphatic heterocycles. The summed E-state index contributed by atoms with van der Waals surface area (Å²) in [7, 11) is 2.17. The second kappa shape index (κ2) is 5.68. The summed E-state index contributed by atoms with van der Waals surface area (Å²) in [6.07, 6.45) is 6.90. The largest absolute Gasteiger partial charge is 0.296 e. The number of aromatic amines is 1. The lowest BCUT2D eigenvalue weighted by Crippen LogP contribution is -2.30. The lowest BCUT2D eigenvalue weighted by atomic mass is 10.0. The van der Waals surface area contributed by atoms with E-state index in [1.54, 1.807) is 0 Å². The molecular formula is C11H20N4S. The molecule has 1 aromatic rings. The number of likely N-dealkylation sites (tertiary alicyclic amines) is 1. The van der Waals surface area contributed by atoms with E-state index < -0.39 is 0 Å². The molecule has 90 valence electrons. The Morgan fingerprint density at radius 2 is 2.38 bits per heavy atom. The molecule has 1 fully saturated rings. The number of piperidine rings is 1. The van der Waals surface area contributed by atoms with Gasteiger partial charge in [0.1, 0.15) is 5.82 Å². The summed E-state index contributed by atoms with van der Waals surface area (Å²) in [4.78, 5) is 6.97. The van der Waals surface area contributed by atoms with E-state index in [0.29, 0.717) is 6.04 Å². The smallest absolute Gasteiger partial charge is 0.167 e. The Hall–Kier alpha value is -0.550. The van der Waals surface area contributed by atoms with Crippen molar-refractivity contribution in [1.29, 1.82) is 0 Å². The Morgan fingerprint density at radius 1 is 1.50 bits per heavy atom. The van der Waals surface area contributed by atoms with Crippen molar-refractivity contribution < 1.29 is 0 Å². The van der Waals surface area contributed by atoms with E-state index in [1.165, 1.54) is 25.8 Å². The van der Waals surface area contributed by atoms with Crippen molar-refractivity contribution in [2.24, 2.45) is 0 Å². The van der Waals surface area contributed by atoms with Crippen molar-refractivity contribution in [2.75, 3.05) is 25.6 Å². The molecule has 1 atom stereocenters. The van der Waals surface area contributed by atoms with Crippen LogP contribution >= 0.6 is 11.8 Å². The number of hydrogen-bond donors (Lipinski definition) is 1. The Morgan fingerprint density at radius 3 is 3.12 bits per heavy atom. The van der Waals surface area contributed by atoms with Crippen molar-refractivity contribution >= 4 is 11.8 Å². The van der Waals surface area contributed by atoms with Gasteiger partial charge in [0.2, 0.25) is 0 Å². The quantitative estimate of drug-likeness (QED) is 0.872. The summed E-state index contributed by atoms with van der Waals surface area (Å²) in [5.74, 6) is 3.12. The molecule has 0 bridgehead atoms. The van der Waals surface area contributed by atoms with E-state index >= 15 is 0 Å². The molecule has 1 saturated heterocycles. The zero-order valence-corrected chi connectivity index (χ0v) is 10.9. The summed E-state index contributed by atoms with van der Waals surface area (Å²) >= 11 is 1.84. The monoisotopic (exact) mass is 240 g/mol. The molecule has 0 aromatic carbocycles. The number of aryl methyl sites for hydroxylation is 1. The highest BCUT2D eigenvalue weighted by atomic mass is 32.2. The predicted molar refractivity (Wildman–Crippen MR) is 67.7 cm³/mol. The normalized spacial score (nSPS) is 22.5. The summed E-state index contributed by atoms with van der Waals surface area (Å²) in [6.45, 7) is 1.17. The minimum Gasteiger partial charge on any atom is -0.296 e. The van der Waals surface area contributed by atoms with Crippen LogP contribution in [0, 0.1) is 0 Å². The summed E-state index contributed by atoms with van der Waals surface area (Å²) in [5.41, 5.74) is 0. The van der Waals surface area contributed by atoms with Gasteiger partial charge in [0, 0.05) is 12.2 Å². The zero-order chi connectivity index (χ0) is 11.4. The van der Waals surface area contributed by atoms with E-state index in [0.717, 1.165) is 23.8 Å². The average Bonchev–Trinajstić information content (AvgIpc) is 2.75. The molecule has 2 rings (SSSR count). The third-order valence-corrected chi connectivity index (χ3v) is 3.77. The summed E-state index contributed by atoms with van der Waals surface area (Å²) in [5, 5.41) is 7.41. The maximum atomic E-state index is 4.60. The van der Waals surface area contributed by atoms with Crippen LogP contribution in [-0.2, 0) is 6.42 Å². The highest BCUT2D eigenvalue weighted by Crippen LogP contribution is 2.26. The SMILES string of the molecule is CSCCc1nc([C@@H]2CCCCN2C)n[nH]1. The maximum Gasteiger partial charge on any atom is 0.167 e. The predicted octanol–water partition coefficient (Wildman–Crippen LogP) is 1.87. The first-order chi connectivity index (χ1) is 7.81. The number of H-pyrrole nitrogens is 1. The molecule has 1 aliphatic rings. The van der Waals surface area contributed by atoms with Gasteiger partial charge in [0.15, 0.2) is 5.82 Å². The van der Waals surface area contributed by atoms with E-state index in [-0.39, 0.29) is 0 Å². The standard InChI is InChI=1S/C11H20N4S/c1-15-7-4-3-5-9(15)11-12-10(13-14-11)6-8-16-2/h9H,3-8H2,1-2H3,(H,12,13,14)/t9-/m0/s1. The Labute approximate surface area is 101 Å². The number of aromatic nitrogens is 3. The minimum absolute atomic E-state index is 0.424. The Bertz CT molecular complexity index is 326. The van der Waals surface area contributed by atoms with Crippen molar-refractivity contribution in [3.63, 3.8) is 0 Å². The molecule has 2 heterocycles. The van der Waals surface area contributed by atoms with Gasteiger partial charge in [-0.05, 0) is 32.7 Å². The van der Waals surface area contributed by atoms with E-state index in [2.05, 4.69) is 33.4 Å². The maximum absolute atomic E-state index is 4.60. The van der Waals surface area contributed by atoms with Gasteiger partial charge in [-0.1, -0.05) is 6.42 Å². The van der Waals surface area contributed by atoms with Gasteiger partial charge in [-0.3, -0.25) is 10.00 Å². The number of nitrogens with zero attached hydrogens (tertiary/aromatic N) is 3. The van der Waals surface area contributed by atoms with Gasteiger partial charge >= 0.3 is 0 Å². The first-order valence-electron chi connectivity index (χ1n) is 5.91. The highest BCUT2D eigenvalue weighted by molar-refractivity contribution is 7.98. The van der Waals surface area contributed by atoms with Crippen LogP contribution in [-0.4, -0.2) is 45.7 Å². The molecule has 0 spiro atoms. The van der Waals surface area contributed by atoms with Crippen LogP contribution in [0.5, 0.6) is 0 Å². The lowest BCUT2D eigenvalue weighted by Gasteiger charge is -2.30. The van der Waals surface area contributed by atoms with Crippen LogP contribution in [0.1, 0.15) is 37.0 Å². The van der Waals surface area contributed by atoms with Crippen LogP contribution in [0.3, 0.4) is 0 Å². The molecule has 0 radical (unpaired) electrons. The molecular weight excluding hydrogens is 220 g/mol. The topological polar surface area (TPSA) is 44.8 Å². The minimum atomic E-state index is 0.424. The number of nitrogens with one attached hydrogen (secondary N) is 1. The molecule has 5 heteroatoms. The van der Waals surface area contributed by atoms with Crippen molar-refractivity contribution in [2.45, 2.75) is 31.7 Å². The van der Waals surface area contributed by atoms with Crippen LogP contribution in [0.4, 0.5) is 0 Å². The molecule has 4 nitrogen and oxygen atoms in total. The number of thioether (sulfide) groups is 1. The zero-order valence-electron chi connectivity index (χ0n) is 10.1. The molecule has 1 aromatic heterocycles. The van der Waals surface area contributed by atoms with Crippen molar-refractivity contribution in [3.8, 4) is 0 Å². The second-order valence-corrected chi connectivity index (χ2v) is 5.36. The van der Waals surface area contributed by atoms with Crippen LogP contribution in [0.25, 0.3) is 0 Å². The van der Waals surface area contributed by atoms with Gasteiger partial charge in [-0.25, -0.2) is 4.98 Å². The molecule has 0 saturated carbocycles. The number of hydrogen-bond acceptors (Lipinski definition) is 4. The van der Waals surface area contributed by atoms with E-state index in [4.69, 9.17) is 0 Å². The van der Waals surface area contributed by atoms with Crippen LogP contribution in [0.2, 0.25) is 0 Å². The molecule has 16 heavy (non-hydrogen) atoms. The fraction of sp³-hybridized carbons (Fsp3) is 0.818. The first kappa shape index (κ1) is 11.9. The second-order valence-electron chi connectivity index (χ2n) is 4.38. The summed E-state index contributed by atoms with van der Waals surface area (Å²) in [6, 6.07) is 0.424. The van der Waals surface area contributed by atoms with Gasteiger partial charge < -0.3 is 0 Å². The third kappa shape index (κ3) is 2.77. The van der Waals surface area contributed by atoms with E-state index in [1.807, 2.05) is 11.8 Å².